The second kappa shape index (κ2) is 3.74. The minimum Gasteiger partial charge on any atom is -0.512 e. The molecule has 0 fully saturated rings. The van der Waals surface area contributed by atoms with Crippen LogP contribution in [-0.2, 0) is 4.79 Å². The molecule has 1 atom stereocenters. The van der Waals surface area contributed by atoms with Gasteiger partial charge in [0.2, 0.25) is 0 Å². The van der Waals surface area contributed by atoms with Crippen molar-refractivity contribution in [3.63, 3.8) is 0 Å². The number of hydrogen-bond acceptors (Lipinski definition) is 2. The highest BCUT2D eigenvalue weighted by Crippen LogP contribution is 2.26. The van der Waals surface area contributed by atoms with Gasteiger partial charge in [-0.05, 0) is 18.3 Å². The Balaban J connectivity index is 2.50. The fourth-order valence-corrected chi connectivity index (χ4v) is 1.79. The summed E-state index contributed by atoms with van der Waals surface area (Å²) in [6.07, 6.45) is 3.69. The molecule has 0 aromatic carbocycles. The van der Waals surface area contributed by atoms with Gasteiger partial charge in [-0.15, -0.1) is 0 Å². The third-order valence-corrected chi connectivity index (χ3v) is 2.12. The molecule has 1 aliphatic rings. The molecule has 0 aliphatic heterocycles. The van der Waals surface area contributed by atoms with Crippen LogP contribution in [0.5, 0.6) is 0 Å². The number of carbonyl (C=O) groups is 1. The van der Waals surface area contributed by atoms with Crippen molar-refractivity contribution >= 4 is 5.78 Å². The van der Waals surface area contributed by atoms with Crippen LogP contribution in [0.1, 0.15) is 33.1 Å². The summed E-state index contributed by atoms with van der Waals surface area (Å²) in [5.74, 6) is 1.30. The number of allylic oxidation sites excluding steroid dienone is 2. The van der Waals surface area contributed by atoms with E-state index in [1.165, 1.54) is 6.08 Å². The zero-order chi connectivity index (χ0) is 9.14. The molecule has 0 aromatic rings. The van der Waals surface area contributed by atoms with E-state index in [4.69, 9.17) is 0 Å². The molecule has 0 radical (unpaired) electrons. The molecular weight excluding hydrogens is 152 g/mol. The van der Waals surface area contributed by atoms with Crippen LogP contribution in [-0.4, -0.2) is 10.9 Å². The lowest BCUT2D eigenvalue weighted by Gasteiger charge is -2.20. The molecule has 0 bridgehead atoms. The second-order valence-electron chi connectivity index (χ2n) is 4.01. The van der Waals surface area contributed by atoms with E-state index in [0.29, 0.717) is 24.7 Å². The van der Waals surface area contributed by atoms with Crippen molar-refractivity contribution in [2.45, 2.75) is 33.1 Å². The lowest BCUT2D eigenvalue weighted by Crippen LogP contribution is -2.15. The van der Waals surface area contributed by atoms with Crippen LogP contribution in [0, 0.1) is 11.8 Å². The molecule has 0 unspecified atom stereocenters. The normalized spacial score (nSPS) is 24.4. The van der Waals surface area contributed by atoms with E-state index in [2.05, 4.69) is 13.8 Å². The Hall–Kier alpha value is -0.790. The van der Waals surface area contributed by atoms with Crippen molar-refractivity contribution in [1.29, 1.82) is 0 Å². The van der Waals surface area contributed by atoms with Crippen LogP contribution < -0.4 is 0 Å². The fraction of sp³-hybridized carbons (Fsp3) is 0.700. The van der Waals surface area contributed by atoms with Gasteiger partial charge >= 0.3 is 0 Å². The Bertz CT molecular complexity index is 204. The number of rotatable bonds is 2. The molecule has 68 valence electrons. The van der Waals surface area contributed by atoms with E-state index in [9.17, 15) is 9.90 Å². The highest BCUT2D eigenvalue weighted by atomic mass is 16.3. The van der Waals surface area contributed by atoms with Crippen LogP contribution in [0.4, 0.5) is 0 Å². The maximum atomic E-state index is 11.0. The van der Waals surface area contributed by atoms with Crippen molar-refractivity contribution in [2.24, 2.45) is 11.8 Å². The smallest absolute Gasteiger partial charge is 0.159 e. The predicted octanol–water partition coefficient (Wildman–Crippen LogP) is 2.45. The fourth-order valence-electron chi connectivity index (χ4n) is 1.79. The first-order valence-electron chi connectivity index (χ1n) is 4.50. The Morgan fingerprint density at radius 3 is 2.75 bits per heavy atom. The predicted molar refractivity (Wildman–Crippen MR) is 47.9 cm³/mol. The van der Waals surface area contributed by atoms with Crippen molar-refractivity contribution < 1.29 is 9.90 Å². The number of aliphatic hydroxyl groups is 1. The molecule has 0 heterocycles. The molecule has 1 N–H and O–H groups in total. The first kappa shape index (κ1) is 9.30. The van der Waals surface area contributed by atoms with Crippen molar-refractivity contribution in [2.75, 3.05) is 0 Å². The van der Waals surface area contributed by atoms with Crippen LogP contribution in [0.15, 0.2) is 11.8 Å². The van der Waals surface area contributed by atoms with E-state index in [0.717, 1.165) is 6.42 Å². The minimum absolute atomic E-state index is 0.0735. The monoisotopic (exact) mass is 168 g/mol. The summed E-state index contributed by atoms with van der Waals surface area (Å²) in [6.45, 7) is 4.28. The number of carbonyl (C=O) groups excluding carboxylic acids is 1. The Morgan fingerprint density at radius 2 is 2.25 bits per heavy atom. The van der Waals surface area contributed by atoms with Crippen molar-refractivity contribution in [3.05, 3.63) is 11.8 Å². The molecule has 1 aliphatic carbocycles. The van der Waals surface area contributed by atoms with Crippen molar-refractivity contribution in [3.8, 4) is 0 Å². The average Bonchev–Trinajstić information content (AvgIpc) is 1.81. The lowest BCUT2D eigenvalue weighted by molar-refractivity contribution is -0.116. The van der Waals surface area contributed by atoms with E-state index in [-0.39, 0.29) is 11.5 Å². The van der Waals surface area contributed by atoms with Crippen molar-refractivity contribution in [1.82, 2.24) is 0 Å². The molecule has 0 amide bonds. The second-order valence-corrected chi connectivity index (χ2v) is 4.01. The maximum absolute atomic E-state index is 11.0. The molecule has 2 nitrogen and oxygen atoms in total. The molecule has 1 rings (SSSR count). The van der Waals surface area contributed by atoms with Gasteiger partial charge in [0.25, 0.3) is 0 Å². The Morgan fingerprint density at radius 1 is 1.58 bits per heavy atom. The first-order chi connectivity index (χ1) is 5.58. The van der Waals surface area contributed by atoms with Gasteiger partial charge in [0.15, 0.2) is 5.78 Å². The van der Waals surface area contributed by atoms with E-state index in [1.807, 2.05) is 0 Å². The molecule has 0 saturated carbocycles. The zero-order valence-corrected chi connectivity index (χ0v) is 7.71. The topological polar surface area (TPSA) is 37.3 Å². The lowest BCUT2D eigenvalue weighted by atomic mass is 9.86. The first-order valence-corrected chi connectivity index (χ1v) is 4.50. The standard InChI is InChI=1S/C10H16O2/c1-7(2)3-8-4-9(11)6-10(12)5-8/h6-8,11H,3-5H2,1-2H3/t8-/m1/s1. The van der Waals surface area contributed by atoms with Gasteiger partial charge in [-0.1, -0.05) is 13.8 Å². The SMILES string of the molecule is CC(C)C[C@H]1CC(=O)C=C(O)C1. The third kappa shape index (κ3) is 2.68. The summed E-state index contributed by atoms with van der Waals surface area (Å²) in [7, 11) is 0. The molecular formula is C10H16O2. The Kier molecular flexibility index (Phi) is 2.90. The largest absolute Gasteiger partial charge is 0.512 e. The van der Waals surface area contributed by atoms with Gasteiger partial charge in [-0.25, -0.2) is 0 Å². The van der Waals surface area contributed by atoms with Crippen LogP contribution in [0.25, 0.3) is 0 Å². The van der Waals surface area contributed by atoms with Gasteiger partial charge in [0, 0.05) is 18.9 Å². The quantitative estimate of drug-likeness (QED) is 0.687. The summed E-state index contributed by atoms with van der Waals surface area (Å²) < 4.78 is 0. The van der Waals surface area contributed by atoms with Gasteiger partial charge in [0.05, 0.1) is 5.76 Å². The van der Waals surface area contributed by atoms with Crippen LogP contribution in [0.2, 0.25) is 0 Å². The van der Waals surface area contributed by atoms with Gasteiger partial charge < -0.3 is 5.11 Å². The number of hydrogen-bond donors (Lipinski definition) is 1. The molecule has 12 heavy (non-hydrogen) atoms. The highest BCUT2D eigenvalue weighted by molar-refractivity contribution is 5.91. The average molecular weight is 168 g/mol. The molecule has 0 spiro atoms. The summed E-state index contributed by atoms with van der Waals surface area (Å²) >= 11 is 0. The maximum Gasteiger partial charge on any atom is 0.159 e. The molecule has 2 heteroatoms. The van der Waals surface area contributed by atoms with E-state index >= 15 is 0 Å². The number of aliphatic hydroxyl groups excluding tert-OH is 1. The zero-order valence-electron chi connectivity index (χ0n) is 7.71. The van der Waals surface area contributed by atoms with E-state index < -0.39 is 0 Å². The highest BCUT2D eigenvalue weighted by Gasteiger charge is 2.20. The van der Waals surface area contributed by atoms with Crippen LogP contribution >= 0.6 is 0 Å². The van der Waals surface area contributed by atoms with Gasteiger partial charge in [-0.2, -0.15) is 0 Å². The third-order valence-electron chi connectivity index (χ3n) is 2.12. The Labute approximate surface area is 73.3 Å². The molecule has 0 aromatic heterocycles. The summed E-state index contributed by atoms with van der Waals surface area (Å²) in [6, 6.07) is 0. The minimum atomic E-state index is 0.0735. The van der Waals surface area contributed by atoms with Crippen LogP contribution in [0.3, 0.4) is 0 Å². The van der Waals surface area contributed by atoms with Gasteiger partial charge in [0.1, 0.15) is 0 Å². The van der Waals surface area contributed by atoms with E-state index in [1.54, 1.807) is 0 Å². The number of ketones is 1. The summed E-state index contributed by atoms with van der Waals surface area (Å²) in [5.41, 5.74) is 0. The summed E-state index contributed by atoms with van der Waals surface area (Å²) in [5, 5.41) is 9.20. The molecule has 0 saturated heterocycles. The summed E-state index contributed by atoms with van der Waals surface area (Å²) in [4.78, 5) is 11.0. The van der Waals surface area contributed by atoms with Gasteiger partial charge in [-0.3, -0.25) is 4.79 Å².